The van der Waals surface area contributed by atoms with E-state index in [0.29, 0.717) is 0 Å². The molecule has 2 N–H and O–H groups in total. The van der Waals surface area contributed by atoms with Crippen LogP contribution in [0.25, 0.3) is 0 Å². The molecule has 0 radical (unpaired) electrons. The second-order valence-corrected chi connectivity index (χ2v) is 4.74. The van der Waals surface area contributed by atoms with Crippen LogP contribution in [-0.2, 0) is 0 Å². The van der Waals surface area contributed by atoms with Gasteiger partial charge in [0.2, 0.25) is 0 Å². The van der Waals surface area contributed by atoms with E-state index in [1.54, 1.807) is 0 Å². The standard InChI is InChI=1S/C12H26N2/c1-14(11-9-13)10-8-12-6-4-2-3-5-7-12/h12H,2-11,13H2,1H3. The summed E-state index contributed by atoms with van der Waals surface area (Å²) in [4.78, 5) is 2.37. The molecule has 1 rings (SSSR count). The fraction of sp³-hybridized carbons (Fsp3) is 1.00. The summed E-state index contributed by atoms with van der Waals surface area (Å²) < 4.78 is 0. The Labute approximate surface area is 88.8 Å². The van der Waals surface area contributed by atoms with Crippen molar-refractivity contribution in [1.82, 2.24) is 4.90 Å². The number of hydrogen-bond donors (Lipinski definition) is 1. The minimum Gasteiger partial charge on any atom is -0.329 e. The Hall–Kier alpha value is -0.0800. The van der Waals surface area contributed by atoms with Gasteiger partial charge in [0.15, 0.2) is 0 Å². The van der Waals surface area contributed by atoms with Gasteiger partial charge >= 0.3 is 0 Å². The minimum atomic E-state index is 0.793. The molecule has 0 aromatic heterocycles. The molecule has 1 aliphatic carbocycles. The largest absolute Gasteiger partial charge is 0.329 e. The average Bonchev–Trinajstić information content (AvgIpc) is 2.43. The molecule has 1 saturated carbocycles. The maximum Gasteiger partial charge on any atom is 0.0102 e. The van der Waals surface area contributed by atoms with Crippen molar-refractivity contribution >= 4 is 0 Å². The van der Waals surface area contributed by atoms with E-state index in [2.05, 4.69) is 11.9 Å². The van der Waals surface area contributed by atoms with Crippen molar-refractivity contribution in [3.8, 4) is 0 Å². The number of nitrogens with zero attached hydrogens (tertiary/aromatic N) is 1. The quantitative estimate of drug-likeness (QED) is 0.686. The molecule has 1 aliphatic rings. The molecule has 84 valence electrons. The highest BCUT2D eigenvalue weighted by molar-refractivity contribution is 4.66. The minimum absolute atomic E-state index is 0.793. The summed E-state index contributed by atoms with van der Waals surface area (Å²) in [5.41, 5.74) is 5.52. The molecule has 0 amide bonds. The zero-order valence-corrected chi connectivity index (χ0v) is 9.67. The smallest absolute Gasteiger partial charge is 0.0102 e. The van der Waals surface area contributed by atoms with Crippen LogP contribution in [0.4, 0.5) is 0 Å². The van der Waals surface area contributed by atoms with Gasteiger partial charge in [-0.1, -0.05) is 38.5 Å². The first kappa shape index (κ1) is 12.0. The van der Waals surface area contributed by atoms with Gasteiger partial charge in [-0.15, -0.1) is 0 Å². The molecule has 1 fully saturated rings. The molecular weight excluding hydrogens is 172 g/mol. The highest BCUT2D eigenvalue weighted by Crippen LogP contribution is 2.25. The Morgan fingerprint density at radius 1 is 1.07 bits per heavy atom. The Bertz CT molecular complexity index is 128. The van der Waals surface area contributed by atoms with Crippen LogP contribution in [0, 0.1) is 5.92 Å². The van der Waals surface area contributed by atoms with E-state index in [0.717, 1.165) is 19.0 Å². The van der Waals surface area contributed by atoms with E-state index < -0.39 is 0 Å². The van der Waals surface area contributed by atoms with Crippen LogP contribution in [0.15, 0.2) is 0 Å². The van der Waals surface area contributed by atoms with E-state index in [9.17, 15) is 0 Å². The molecule has 0 bridgehead atoms. The van der Waals surface area contributed by atoms with Gasteiger partial charge in [0.1, 0.15) is 0 Å². The molecule has 0 aliphatic heterocycles. The Kier molecular flexibility index (Phi) is 6.20. The highest BCUT2D eigenvalue weighted by Gasteiger charge is 2.12. The number of nitrogens with two attached hydrogens (primary N) is 1. The predicted molar refractivity (Wildman–Crippen MR) is 62.4 cm³/mol. The van der Waals surface area contributed by atoms with Crippen LogP contribution in [-0.4, -0.2) is 31.6 Å². The Morgan fingerprint density at radius 3 is 2.29 bits per heavy atom. The molecule has 2 heteroatoms. The lowest BCUT2D eigenvalue weighted by Crippen LogP contribution is -2.27. The number of rotatable bonds is 5. The summed E-state index contributed by atoms with van der Waals surface area (Å²) in [6.07, 6.45) is 10.2. The first-order valence-electron chi connectivity index (χ1n) is 6.21. The summed E-state index contributed by atoms with van der Waals surface area (Å²) in [5, 5.41) is 0. The average molecular weight is 198 g/mol. The van der Waals surface area contributed by atoms with E-state index in [-0.39, 0.29) is 0 Å². The van der Waals surface area contributed by atoms with Crippen molar-refractivity contribution in [2.24, 2.45) is 11.7 Å². The van der Waals surface area contributed by atoms with E-state index in [1.807, 2.05) is 0 Å². The van der Waals surface area contributed by atoms with Crippen molar-refractivity contribution in [2.45, 2.75) is 44.9 Å². The molecule has 0 heterocycles. The van der Waals surface area contributed by atoms with Gasteiger partial charge in [-0.25, -0.2) is 0 Å². The first-order valence-corrected chi connectivity index (χ1v) is 6.21. The molecule has 0 saturated heterocycles. The van der Waals surface area contributed by atoms with Crippen molar-refractivity contribution in [2.75, 3.05) is 26.7 Å². The van der Waals surface area contributed by atoms with Crippen LogP contribution in [0.1, 0.15) is 44.9 Å². The molecule has 0 aromatic rings. The zero-order valence-electron chi connectivity index (χ0n) is 9.67. The zero-order chi connectivity index (χ0) is 10.2. The molecule has 0 spiro atoms. The topological polar surface area (TPSA) is 29.3 Å². The van der Waals surface area contributed by atoms with Crippen LogP contribution in [0.3, 0.4) is 0 Å². The fourth-order valence-corrected chi connectivity index (χ4v) is 2.39. The van der Waals surface area contributed by atoms with E-state index in [1.165, 1.54) is 51.5 Å². The van der Waals surface area contributed by atoms with Gasteiger partial charge in [0.05, 0.1) is 0 Å². The van der Waals surface area contributed by atoms with Crippen LogP contribution in [0.5, 0.6) is 0 Å². The molecule has 0 unspecified atom stereocenters. The van der Waals surface area contributed by atoms with Crippen LogP contribution in [0.2, 0.25) is 0 Å². The predicted octanol–water partition coefficient (Wildman–Crippen LogP) is 2.24. The van der Waals surface area contributed by atoms with Gasteiger partial charge in [-0.05, 0) is 25.9 Å². The highest BCUT2D eigenvalue weighted by atomic mass is 15.1. The molecule has 0 atom stereocenters. The number of likely N-dealkylation sites (N-methyl/N-ethyl adjacent to an activating group) is 1. The molecule has 14 heavy (non-hydrogen) atoms. The SMILES string of the molecule is CN(CCN)CCC1CCCCCC1. The van der Waals surface area contributed by atoms with E-state index >= 15 is 0 Å². The first-order chi connectivity index (χ1) is 6.83. The van der Waals surface area contributed by atoms with Crippen molar-refractivity contribution < 1.29 is 0 Å². The summed E-state index contributed by atoms with van der Waals surface area (Å²) in [5.74, 6) is 0.998. The third-order valence-corrected chi connectivity index (χ3v) is 3.40. The van der Waals surface area contributed by atoms with Gasteiger partial charge < -0.3 is 10.6 Å². The van der Waals surface area contributed by atoms with Crippen molar-refractivity contribution in [3.63, 3.8) is 0 Å². The van der Waals surface area contributed by atoms with Gasteiger partial charge in [0, 0.05) is 13.1 Å². The lowest BCUT2D eigenvalue weighted by molar-refractivity contribution is 0.294. The molecule has 0 aromatic carbocycles. The van der Waals surface area contributed by atoms with Gasteiger partial charge in [0.25, 0.3) is 0 Å². The van der Waals surface area contributed by atoms with Gasteiger partial charge in [-0.2, -0.15) is 0 Å². The Balaban J connectivity index is 2.09. The van der Waals surface area contributed by atoms with Crippen LogP contribution < -0.4 is 5.73 Å². The lowest BCUT2D eigenvalue weighted by atomic mass is 9.96. The Morgan fingerprint density at radius 2 is 1.71 bits per heavy atom. The third kappa shape index (κ3) is 4.97. The third-order valence-electron chi connectivity index (χ3n) is 3.40. The summed E-state index contributed by atoms with van der Waals surface area (Å²) in [6, 6.07) is 0. The monoisotopic (exact) mass is 198 g/mol. The second-order valence-electron chi connectivity index (χ2n) is 4.74. The van der Waals surface area contributed by atoms with Crippen LogP contribution >= 0.6 is 0 Å². The van der Waals surface area contributed by atoms with Crippen molar-refractivity contribution in [3.05, 3.63) is 0 Å². The molecule has 2 nitrogen and oxygen atoms in total. The molecular formula is C12H26N2. The van der Waals surface area contributed by atoms with Gasteiger partial charge in [-0.3, -0.25) is 0 Å². The lowest BCUT2D eigenvalue weighted by Gasteiger charge is -2.19. The van der Waals surface area contributed by atoms with Crippen molar-refractivity contribution in [1.29, 1.82) is 0 Å². The number of hydrogen-bond acceptors (Lipinski definition) is 2. The maximum atomic E-state index is 5.52. The summed E-state index contributed by atoms with van der Waals surface area (Å²) in [6.45, 7) is 3.08. The fourth-order valence-electron chi connectivity index (χ4n) is 2.39. The second kappa shape index (κ2) is 7.24. The van der Waals surface area contributed by atoms with E-state index in [4.69, 9.17) is 5.73 Å². The normalized spacial score (nSPS) is 19.9. The maximum absolute atomic E-state index is 5.52. The summed E-state index contributed by atoms with van der Waals surface area (Å²) in [7, 11) is 2.18. The summed E-state index contributed by atoms with van der Waals surface area (Å²) >= 11 is 0.